The molecular weight excluding hydrogens is 218 g/mol. The van der Waals surface area contributed by atoms with E-state index in [2.05, 4.69) is 9.82 Å². The number of hydrogen-bond acceptors (Lipinski definition) is 4. The van der Waals surface area contributed by atoms with E-state index >= 15 is 0 Å². The van der Waals surface area contributed by atoms with Gasteiger partial charge in [-0.25, -0.2) is 8.42 Å². The number of anilines is 1. The largest absolute Gasteiger partial charge is 0.379 e. The van der Waals surface area contributed by atoms with Gasteiger partial charge in [0.2, 0.25) is 10.0 Å². The van der Waals surface area contributed by atoms with E-state index in [0.717, 1.165) is 19.3 Å². The number of aromatic nitrogens is 2. The average Bonchev–Trinajstić information content (AvgIpc) is 2.68. The number of hydrogen-bond donors (Lipinski definition) is 1. The quantitative estimate of drug-likeness (QED) is 0.807. The van der Waals surface area contributed by atoms with E-state index in [-0.39, 0.29) is 6.04 Å². The van der Waals surface area contributed by atoms with Crippen molar-refractivity contribution >= 4 is 15.7 Å². The van der Waals surface area contributed by atoms with Crippen molar-refractivity contribution in [3.05, 3.63) is 12.4 Å². The second-order valence-corrected chi connectivity index (χ2v) is 5.35. The summed E-state index contributed by atoms with van der Waals surface area (Å²) in [5.41, 5.74) is 0.490. The van der Waals surface area contributed by atoms with Crippen molar-refractivity contribution in [3.8, 4) is 0 Å². The molecule has 0 aromatic carbocycles. The van der Waals surface area contributed by atoms with Gasteiger partial charge in [0.1, 0.15) is 0 Å². The van der Waals surface area contributed by atoms with Gasteiger partial charge in [0.25, 0.3) is 0 Å². The van der Waals surface area contributed by atoms with Gasteiger partial charge in [-0.05, 0) is 6.42 Å². The summed E-state index contributed by atoms with van der Waals surface area (Å²) in [6.07, 6.45) is 5.21. The van der Waals surface area contributed by atoms with Crippen molar-refractivity contribution in [2.75, 3.05) is 24.2 Å². The normalized spacial score (nSPS) is 21.8. The van der Waals surface area contributed by atoms with Crippen molar-refractivity contribution in [3.63, 3.8) is 0 Å². The Morgan fingerprint density at radius 1 is 1.67 bits per heavy atom. The Morgan fingerprint density at radius 2 is 2.47 bits per heavy atom. The third-order valence-corrected chi connectivity index (χ3v) is 2.79. The Kier molecular flexibility index (Phi) is 2.66. The highest BCUT2D eigenvalue weighted by atomic mass is 32.2. The van der Waals surface area contributed by atoms with E-state index in [4.69, 9.17) is 4.74 Å². The fourth-order valence-electron chi connectivity index (χ4n) is 1.54. The van der Waals surface area contributed by atoms with Crippen LogP contribution in [-0.2, 0) is 14.8 Å². The summed E-state index contributed by atoms with van der Waals surface area (Å²) in [7, 11) is -3.22. The standard InChI is InChI=1S/C8H13N3O3S/c1-15(12,13)10-7-4-9-11(5-7)8-2-3-14-6-8/h4-5,8,10H,2-3,6H2,1H3/t8-/m1/s1. The number of nitrogens with one attached hydrogen (secondary N) is 1. The monoisotopic (exact) mass is 231 g/mol. The lowest BCUT2D eigenvalue weighted by atomic mass is 10.3. The lowest BCUT2D eigenvalue weighted by Crippen LogP contribution is -2.10. The summed E-state index contributed by atoms with van der Waals surface area (Å²) in [6.45, 7) is 1.37. The minimum Gasteiger partial charge on any atom is -0.379 e. The predicted octanol–water partition coefficient (Wildman–Crippen LogP) is 0.216. The molecule has 1 saturated heterocycles. The highest BCUT2D eigenvalue weighted by Gasteiger charge is 2.18. The topological polar surface area (TPSA) is 73.2 Å². The molecule has 1 fully saturated rings. The van der Waals surface area contributed by atoms with E-state index < -0.39 is 10.0 Å². The lowest BCUT2D eigenvalue weighted by molar-refractivity contribution is 0.184. The van der Waals surface area contributed by atoms with Crippen LogP contribution in [0.2, 0.25) is 0 Å². The molecule has 6 nitrogen and oxygen atoms in total. The van der Waals surface area contributed by atoms with Crippen LogP contribution in [0.4, 0.5) is 5.69 Å². The van der Waals surface area contributed by atoms with Gasteiger partial charge in [-0.15, -0.1) is 0 Å². The molecule has 0 radical (unpaired) electrons. The number of ether oxygens (including phenoxy) is 1. The van der Waals surface area contributed by atoms with Crippen LogP contribution in [0.15, 0.2) is 12.4 Å². The molecule has 1 aromatic heterocycles. The van der Waals surface area contributed by atoms with E-state index in [0.29, 0.717) is 12.3 Å². The zero-order valence-electron chi connectivity index (χ0n) is 8.38. The van der Waals surface area contributed by atoms with Crippen LogP contribution >= 0.6 is 0 Å². The summed E-state index contributed by atoms with van der Waals surface area (Å²) >= 11 is 0. The molecule has 2 rings (SSSR count). The Balaban J connectivity index is 2.10. The van der Waals surface area contributed by atoms with Crippen LogP contribution in [0.1, 0.15) is 12.5 Å². The van der Waals surface area contributed by atoms with Crippen molar-refractivity contribution in [2.24, 2.45) is 0 Å². The van der Waals surface area contributed by atoms with Gasteiger partial charge in [0.05, 0.1) is 30.8 Å². The second-order valence-electron chi connectivity index (χ2n) is 3.60. The first kappa shape index (κ1) is 10.4. The van der Waals surface area contributed by atoms with Crippen molar-refractivity contribution in [2.45, 2.75) is 12.5 Å². The minimum absolute atomic E-state index is 0.222. The molecule has 1 aromatic rings. The van der Waals surface area contributed by atoms with Crippen LogP contribution in [0.3, 0.4) is 0 Å². The SMILES string of the molecule is CS(=O)(=O)Nc1cnn([C@@H]2CCOC2)c1. The van der Waals surface area contributed by atoms with Crippen LogP contribution in [0, 0.1) is 0 Å². The minimum atomic E-state index is -3.22. The third-order valence-electron chi connectivity index (χ3n) is 2.18. The van der Waals surface area contributed by atoms with Gasteiger partial charge in [0, 0.05) is 12.8 Å². The molecule has 0 saturated carbocycles. The summed E-state index contributed by atoms with van der Waals surface area (Å²) < 4.78 is 31.2. The second kappa shape index (κ2) is 3.82. The molecule has 1 N–H and O–H groups in total. The molecular formula is C8H13N3O3S. The molecule has 1 aliphatic rings. The highest BCUT2D eigenvalue weighted by molar-refractivity contribution is 7.92. The van der Waals surface area contributed by atoms with Gasteiger partial charge in [0.15, 0.2) is 0 Å². The molecule has 84 valence electrons. The van der Waals surface area contributed by atoms with Gasteiger partial charge >= 0.3 is 0 Å². The van der Waals surface area contributed by atoms with E-state index in [1.165, 1.54) is 6.20 Å². The smallest absolute Gasteiger partial charge is 0.229 e. The van der Waals surface area contributed by atoms with Crippen LogP contribution in [0.25, 0.3) is 0 Å². The van der Waals surface area contributed by atoms with Crippen molar-refractivity contribution in [1.82, 2.24) is 9.78 Å². The molecule has 1 atom stereocenters. The molecule has 1 aliphatic heterocycles. The molecule has 0 bridgehead atoms. The maximum atomic E-state index is 11.0. The first-order valence-corrected chi connectivity index (χ1v) is 6.53. The highest BCUT2D eigenvalue weighted by Crippen LogP contribution is 2.19. The zero-order valence-corrected chi connectivity index (χ0v) is 9.20. The fraction of sp³-hybridized carbons (Fsp3) is 0.625. The summed E-state index contributed by atoms with van der Waals surface area (Å²) in [6, 6.07) is 0.222. The van der Waals surface area contributed by atoms with E-state index in [9.17, 15) is 8.42 Å². The maximum Gasteiger partial charge on any atom is 0.229 e. The van der Waals surface area contributed by atoms with Gasteiger partial charge in [-0.2, -0.15) is 5.10 Å². The van der Waals surface area contributed by atoms with Crippen LogP contribution in [-0.4, -0.2) is 37.7 Å². The average molecular weight is 231 g/mol. The Bertz CT molecular complexity index is 434. The number of rotatable bonds is 3. The first-order valence-electron chi connectivity index (χ1n) is 4.64. The van der Waals surface area contributed by atoms with Gasteiger partial charge < -0.3 is 4.74 Å². The molecule has 0 aliphatic carbocycles. The Labute approximate surface area is 88.3 Å². The van der Waals surface area contributed by atoms with E-state index in [1.54, 1.807) is 10.9 Å². The lowest BCUT2D eigenvalue weighted by Gasteiger charge is -2.06. The number of nitrogens with zero attached hydrogens (tertiary/aromatic N) is 2. The maximum absolute atomic E-state index is 11.0. The molecule has 15 heavy (non-hydrogen) atoms. The summed E-state index contributed by atoms with van der Waals surface area (Å²) in [5, 5.41) is 4.09. The Morgan fingerprint density at radius 3 is 3.07 bits per heavy atom. The fourth-order valence-corrected chi connectivity index (χ4v) is 2.07. The molecule has 0 amide bonds. The van der Waals surface area contributed by atoms with Gasteiger partial charge in [-0.3, -0.25) is 9.40 Å². The zero-order chi connectivity index (χ0) is 10.9. The third kappa shape index (κ3) is 2.69. The number of sulfonamides is 1. The molecule has 7 heteroatoms. The molecule has 0 spiro atoms. The van der Waals surface area contributed by atoms with E-state index in [1.807, 2.05) is 0 Å². The summed E-state index contributed by atoms with van der Waals surface area (Å²) in [4.78, 5) is 0. The van der Waals surface area contributed by atoms with Crippen LogP contribution in [0.5, 0.6) is 0 Å². The van der Waals surface area contributed by atoms with Gasteiger partial charge in [-0.1, -0.05) is 0 Å². The van der Waals surface area contributed by atoms with Crippen LogP contribution < -0.4 is 4.72 Å². The van der Waals surface area contributed by atoms with Crippen molar-refractivity contribution < 1.29 is 13.2 Å². The molecule has 0 unspecified atom stereocenters. The Hall–Kier alpha value is -1.08. The molecule has 2 heterocycles. The van der Waals surface area contributed by atoms with Crippen molar-refractivity contribution in [1.29, 1.82) is 0 Å². The predicted molar refractivity (Wildman–Crippen MR) is 55.2 cm³/mol. The first-order chi connectivity index (χ1) is 7.04. The summed E-state index contributed by atoms with van der Waals surface area (Å²) in [5.74, 6) is 0.